The van der Waals surface area contributed by atoms with E-state index in [0.717, 1.165) is 5.56 Å². The van der Waals surface area contributed by atoms with Crippen LogP contribution in [0.4, 0.5) is 0 Å². The zero-order valence-corrected chi connectivity index (χ0v) is 13.6. The van der Waals surface area contributed by atoms with E-state index in [1.165, 1.54) is 0 Å². The lowest BCUT2D eigenvalue weighted by Crippen LogP contribution is -2.42. The molecule has 1 atom stereocenters. The van der Waals surface area contributed by atoms with Gasteiger partial charge in [0.15, 0.2) is 0 Å². The number of aromatic nitrogens is 2. The number of rotatable bonds is 7. The van der Waals surface area contributed by atoms with Crippen LogP contribution in [-0.2, 0) is 16.0 Å². The zero-order chi connectivity index (χ0) is 17.9. The largest absolute Gasteiger partial charge is 0.480 e. The van der Waals surface area contributed by atoms with Gasteiger partial charge < -0.3 is 16.2 Å². The Bertz CT molecular complexity index is 797. The Balaban J connectivity index is 2.34. The second-order valence-electron chi connectivity index (χ2n) is 5.51. The summed E-state index contributed by atoms with van der Waals surface area (Å²) in [6.45, 7) is 3.76. The monoisotopic (exact) mass is 332 g/mol. The van der Waals surface area contributed by atoms with E-state index in [9.17, 15) is 19.5 Å². The molecule has 2 amide bonds. The summed E-state index contributed by atoms with van der Waals surface area (Å²) in [4.78, 5) is 39.2. The van der Waals surface area contributed by atoms with Crippen LogP contribution in [0.2, 0.25) is 0 Å². The summed E-state index contributed by atoms with van der Waals surface area (Å²) < 4.78 is 1.65. The first-order chi connectivity index (χ1) is 11.3. The van der Waals surface area contributed by atoms with Crippen LogP contribution in [0, 0.1) is 6.92 Å². The number of aryl methyl sites for hydroxylation is 2. The maximum atomic E-state index is 12.6. The second kappa shape index (κ2) is 7.12. The summed E-state index contributed by atoms with van der Waals surface area (Å²) in [6, 6.07) is 2.49. The SMILES string of the molecule is CCc1nc2c(C)cccn2c1C(=O)NC(CCC(N)=O)C(=O)O. The van der Waals surface area contributed by atoms with Crippen LogP contribution in [0.25, 0.3) is 5.65 Å². The van der Waals surface area contributed by atoms with Crippen LogP contribution in [0.1, 0.15) is 41.5 Å². The Labute approximate surface area is 138 Å². The van der Waals surface area contributed by atoms with Gasteiger partial charge in [-0.1, -0.05) is 13.0 Å². The number of carbonyl (C=O) groups is 3. The number of fused-ring (bicyclic) bond motifs is 1. The van der Waals surface area contributed by atoms with Crippen LogP contribution in [0.5, 0.6) is 0 Å². The smallest absolute Gasteiger partial charge is 0.326 e. The predicted octanol–water partition coefficient (Wildman–Crippen LogP) is 0.654. The Morgan fingerprint density at radius 1 is 1.42 bits per heavy atom. The van der Waals surface area contributed by atoms with Gasteiger partial charge in [-0.25, -0.2) is 9.78 Å². The fourth-order valence-electron chi connectivity index (χ4n) is 2.51. The molecule has 2 aromatic rings. The third kappa shape index (κ3) is 3.53. The highest BCUT2D eigenvalue weighted by Gasteiger charge is 2.25. The molecular weight excluding hydrogens is 312 g/mol. The van der Waals surface area contributed by atoms with Crippen LogP contribution in [-0.4, -0.2) is 38.3 Å². The standard InChI is InChI=1S/C16H20N4O4/c1-3-10-13(20-8-4-5-9(2)14(20)18-10)15(22)19-11(16(23)24)6-7-12(17)21/h4-5,8,11H,3,6-7H2,1-2H3,(H2,17,21)(H,19,22)(H,23,24). The van der Waals surface area contributed by atoms with Crippen molar-refractivity contribution in [2.45, 2.75) is 39.2 Å². The van der Waals surface area contributed by atoms with E-state index in [4.69, 9.17) is 5.73 Å². The van der Waals surface area contributed by atoms with Crippen molar-refractivity contribution in [2.75, 3.05) is 0 Å². The van der Waals surface area contributed by atoms with E-state index in [1.807, 2.05) is 19.9 Å². The van der Waals surface area contributed by atoms with E-state index in [0.29, 0.717) is 23.5 Å². The van der Waals surface area contributed by atoms with Gasteiger partial charge in [-0.3, -0.25) is 14.0 Å². The summed E-state index contributed by atoms with van der Waals surface area (Å²) >= 11 is 0. The Morgan fingerprint density at radius 3 is 2.71 bits per heavy atom. The molecule has 0 aromatic carbocycles. The number of nitrogens with one attached hydrogen (secondary N) is 1. The molecule has 0 fully saturated rings. The predicted molar refractivity (Wildman–Crippen MR) is 86.6 cm³/mol. The number of imidazole rings is 1. The molecule has 2 rings (SSSR count). The first-order valence-corrected chi connectivity index (χ1v) is 7.63. The summed E-state index contributed by atoms with van der Waals surface area (Å²) in [6.07, 6.45) is 2.06. The number of amides is 2. The van der Waals surface area contributed by atoms with Crippen molar-refractivity contribution in [3.63, 3.8) is 0 Å². The Kier molecular flexibility index (Phi) is 5.18. The maximum Gasteiger partial charge on any atom is 0.326 e. The van der Waals surface area contributed by atoms with Gasteiger partial charge in [-0.15, -0.1) is 0 Å². The molecule has 0 saturated heterocycles. The summed E-state index contributed by atoms with van der Waals surface area (Å²) in [5, 5.41) is 11.7. The molecule has 8 heteroatoms. The molecule has 24 heavy (non-hydrogen) atoms. The molecule has 1 unspecified atom stereocenters. The minimum absolute atomic E-state index is 0.0619. The van der Waals surface area contributed by atoms with E-state index in [2.05, 4.69) is 10.3 Å². The van der Waals surface area contributed by atoms with E-state index in [-0.39, 0.29) is 12.8 Å². The molecule has 0 spiro atoms. The van der Waals surface area contributed by atoms with Gasteiger partial charge in [0, 0.05) is 12.6 Å². The minimum atomic E-state index is -1.22. The van der Waals surface area contributed by atoms with E-state index in [1.54, 1.807) is 16.7 Å². The second-order valence-corrected chi connectivity index (χ2v) is 5.51. The molecule has 0 aliphatic carbocycles. The molecule has 8 nitrogen and oxygen atoms in total. The third-order valence-electron chi connectivity index (χ3n) is 3.75. The highest BCUT2D eigenvalue weighted by atomic mass is 16.4. The quantitative estimate of drug-likeness (QED) is 0.686. The van der Waals surface area contributed by atoms with Gasteiger partial charge in [-0.05, 0) is 31.4 Å². The van der Waals surface area contributed by atoms with Gasteiger partial charge in [0.1, 0.15) is 17.4 Å². The minimum Gasteiger partial charge on any atom is -0.480 e. The van der Waals surface area contributed by atoms with Crippen LogP contribution in [0.3, 0.4) is 0 Å². The van der Waals surface area contributed by atoms with Gasteiger partial charge in [0.05, 0.1) is 5.69 Å². The topological polar surface area (TPSA) is 127 Å². The average Bonchev–Trinajstić information content (AvgIpc) is 2.90. The van der Waals surface area contributed by atoms with Gasteiger partial charge in [0.25, 0.3) is 5.91 Å². The number of carbonyl (C=O) groups excluding carboxylic acids is 2. The van der Waals surface area contributed by atoms with Crippen LogP contribution in [0.15, 0.2) is 18.3 Å². The number of hydrogen-bond donors (Lipinski definition) is 3. The van der Waals surface area contributed by atoms with Crippen molar-refractivity contribution in [1.82, 2.24) is 14.7 Å². The summed E-state index contributed by atoms with van der Waals surface area (Å²) in [5.74, 6) is -2.37. The first-order valence-electron chi connectivity index (χ1n) is 7.63. The Morgan fingerprint density at radius 2 is 2.12 bits per heavy atom. The number of nitrogens with zero attached hydrogens (tertiary/aromatic N) is 2. The lowest BCUT2D eigenvalue weighted by atomic mass is 10.1. The summed E-state index contributed by atoms with van der Waals surface area (Å²) in [7, 11) is 0. The van der Waals surface area contributed by atoms with Gasteiger partial charge in [-0.2, -0.15) is 0 Å². The molecular formula is C16H20N4O4. The van der Waals surface area contributed by atoms with Crippen molar-refractivity contribution in [2.24, 2.45) is 5.73 Å². The fourth-order valence-corrected chi connectivity index (χ4v) is 2.51. The molecule has 0 saturated carbocycles. The fraction of sp³-hybridized carbons (Fsp3) is 0.375. The molecule has 0 radical (unpaired) electrons. The highest BCUT2D eigenvalue weighted by Crippen LogP contribution is 2.17. The molecule has 0 bridgehead atoms. The highest BCUT2D eigenvalue weighted by molar-refractivity contribution is 5.97. The number of carboxylic acids is 1. The number of carboxylic acid groups (broad SMARTS) is 1. The number of hydrogen-bond acceptors (Lipinski definition) is 4. The van der Waals surface area contributed by atoms with Crippen molar-refractivity contribution < 1.29 is 19.5 Å². The number of nitrogens with two attached hydrogens (primary N) is 1. The normalized spacial score (nSPS) is 12.1. The first kappa shape index (κ1) is 17.5. The van der Waals surface area contributed by atoms with Gasteiger partial charge in [0.2, 0.25) is 5.91 Å². The lowest BCUT2D eigenvalue weighted by molar-refractivity contribution is -0.139. The summed E-state index contributed by atoms with van der Waals surface area (Å²) in [5.41, 5.74) is 7.50. The number of primary amides is 1. The van der Waals surface area contributed by atoms with E-state index < -0.39 is 23.8 Å². The number of aliphatic carboxylic acids is 1. The molecule has 0 aliphatic heterocycles. The third-order valence-corrected chi connectivity index (χ3v) is 3.75. The lowest BCUT2D eigenvalue weighted by Gasteiger charge is -2.14. The van der Waals surface area contributed by atoms with Crippen LogP contribution < -0.4 is 11.1 Å². The Hall–Kier alpha value is -2.90. The molecule has 2 aromatic heterocycles. The average molecular weight is 332 g/mol. The van der Waals surface area contributed by atoms with Gasteiger partial charge >= 0.3 is 5.97 Å². The van der Waals surface area contributed by atoms with Crippen molar-refractivity contribution in [1.29, 1.82) is 0 Å². The van der Waals surface area contributed by atoms with Crippen LogP contribution >= 0.6 is 0 Å². The zero-order valence-electron chi connectivity index (χ0n) is 13.6. The molecule has 4 N–H and O–H groups in total. The van der Waals surface area contributed by atoms with Crippen molar-refractivity contribution >= 4 is 23.4 Å². The number of pyridine rings is 1. The van der Waals surface area contributed by atoms with Crippen molar-refractivity contribution in [3.8, 4) is 0 Å². The molecule has 2 heterocycles. The van der Waals surface area contributed by atoms with Crippen molar-refractivity contribution in [3.05, 3.63) is 35.3 Å². The maximum absolute atomic E-state index is 12.6. The van der Waals surface area contributed by atoms with E-state index >= 15 is 0 Å². The molecule has 128 valence electrons. The molecule has 0 aliphatic rings.